The normalized spacial score (nSPS) is 12.0. The molecule has 0 unspecified atom stereocenters. The van der Waals surface area contributed by atoms with Crippen molar-refractivity contribution in [3.63, 3.8) is 0 Å². The van der Waals surface area contributed by atoms with Crippen molar-refractivity contribution in [3.8, 4) is 5.75 Å². The Morgan fingerprint density at radius 2 is 1.85 bits per heavy atom. The molecule has 0 heterocycles. The van der Waals surface area contributed by atoms with E-state index < -0.39 is 21.9 Å². The van der Waals surface area contributed by atoms with Crippen LogP contribution in [-0.4, -0.2) is 58.1 Å². The van der Waals surface area contributed by atoms with Gasteiger partial charge in [0, 0.05) is 38.2 Å². The summed E-state index contributed by atoms with van der Waals surface area (Å²) in [5.41, 5.74) is 0.710. The Labute approximate surface area is 194 Å². The van der Waals surface area contributed by atoms with Crippen LogP contribution in [0.15, 0.2) is 48.5 Å². The van der Waals surface area contributed by atoms with Crippen LogP contribution in [0.1, 0.15) is 25.3 Å². The molecular formula is C23H30FN3O5S. The zero-order chi connectivity index (χ0) is 24.6. The third-order valence-corrected chi connectivity index (χ3v) is 6.40. The van der Waals surface area contributed by atoms with E-state index in [0.717, 1.165) is 6.26 Å². The van der Waals surface area contributed by atoms with E-state index in [9.17, 15) is 22.4 Å². The fraction of sp³-hybridized carbons (Fsp3) is 0.391. The van der Waals surface area contributed by atoms with Gasteiger partial charge >= 0.3 is 0 Å². The Morgan fingerprint density at radius 1 is 1.15 bits per heavy atom. The molecule has 0 saturated heterocycles. The smallest absolute Gasteiger partial charge is 0.242 e. The maximum Gasteiger partial charge on any atom is 0.242 e. The molecule has 0 aromatic heterocycles. The summed E-state index contributed by atoms with van der Waals surface area (Å²) >= 11 is 0. The van der Waals surface area contributed by atoms with Crippen LogP contribution in [0.25, 0.3) is 0 Å². The molecule has 180 valence electrons. The largest absolute Gasteiger partial charge is 0.497 e. The van der Waals surface area contributed by atoms with Crippen molar-refractivity contribution < 1.29 is 27.1 Å². The number of methoxy groups -OCH3 is 1. The molecule has 10 heteroatoms. The number of halogens is 1. The second kappa shape index (κ2) is 11.6. The van der Waals surface area contributed by atoms with Gasteiger partial charge in [-0.25, -0.2) is 12.8 Å². The summed E-state index contributed by atoms with van der Waals surface area (Å²) in [5.74, 6) is -0.726. The number of carbonyl (C=O) groups is 2. The Balaban J connectivity index is 2.17. The van der Waals surface area contributed by atoms with Crippen LogP contribution >= 0.6 is 0 Å². The molecule has 2 rings (SSSR count). The summed E-state index contributed by atoms with van der Waals surface area (Å²) in [7, 11) is -0.662. The third kappa shape index (κ3) is 7.18. The Bertz CT molecular complexity index is 1080. The summed E-state index contributed by atoms with van der Waals surface area (Å²) in [6, 6.07) is 11.8. The number of amides is 2. The second-order valence-corrected chi connectivity index (χ2v) is 9.45. The standard InChI is InChI=1S/C23H30FN3O5S/c1-17(23(29)25-2)26(16-18-9-5-6-12-21(18)24)22(28)13-8-14-27(33(4,30)31)19-10-7-11-20(15-19)32-3/h5-7,9-12,15,17H,8,13-14,16H2,1-4H3,(H,25,29)/t17-/m0/s1. The molecule has 0 aliphatic carbocycles. The number of benzene rings is 2. The average Bonchev–Trinajstić information content (AvgIpc) is 2.79. The second-order valence-electron chi connectivity index (χ2n) is 7.54. The first-order chi connectivity index (χ1) is 15.6. The quantitative estimate of drug-likeness (QED) is 0.534. The number of sulfonamides is 1. The Morgan fingerprint density at radius 3 is 2.45 bits per heavy atom. The number of nitrogens with one attached hydrogen (secondary N) is 1. The zero-order valence-electron chi connectivity index (χ0n) is 19.2. The molecule has 0 spiro atoms. The molecule has 0 aliphatic rings. The lowest BCUT2D eigenvalue weighted by molar-refractivity contribution is -0.140. The molecule has 2 aromatic carbocycles. The lowest BCUT2D eigenvalue weighted by Crippen LogP contribution is -2.47. The van der Waals surface area contributed by atoms with Crippen LogP contribution in [0.4, 0.5) is 10.1 Å². The van der Waals surface area contributed by atoms with Crippen molar-refractivity contribution in [1.29, 1.82) is 0 Å². The van der Waals surface area contributed by atoms with E-state index in [2.05, 4.69) is 5.32 Å². The van der Waals surface area contributed by atoms with Gasteiger partial charge in [0.25, 0.3) is 0 Å². The molecule has 2 aromatic rings. The van der Waals surface area contributed by atoms with Crippen LogP contribution < -0.4 is 14.4 Å². The topological polar surface area (TPSA) is 96.0 Å². The molecular weight excluding hydrogens is 449 g/mol. The molecule has 2 amide bonds. The highest BCUT2D eigenvalue weighted by molar-refractivity contribution is 7.92. The molecule has 0 fully saturated rings. The molecule has 0 bridgehead atoms. The van der Waals surface area contributed by atoms with Crippen molar-refractivity contribution >= 4 is 27.5 Å². The first kappa shape index (κ1) is 26.1. The maximum atomic E-state index is 14.2. The molecule has 0 radical (unpaired) electrons. The van der Waals surface area contributed by atoms with Crippen LogP contribution in [0.2, 0.25) is 0 Å². The van der Waals surface area contributed by atoms with Gasteiger partial charge in [-0.05, 0) is 31.5 Å². The third-order valence-electron chi connectivity index (χ3n) is 5.21. The lowest BCUT2D eigenvalue weighted by Gasteiger charge is -2.29. The summed E-state index contributed by atoms with van der Waals surface area (Å²) in [4.78, 5) is 26.5. The van der Waals surface area contributed by atoms with E-state index in [-0.39, 0.29) is 43.3 Å². The minimum atomic E-state index is -3.61. The number of ether oxygens (including phenoxy) is 1. The van der Waals surface area contributed by atoms with Gasteiger partial charge in [0.2, 0.25) is 21.8 Å². The number of hydrogen-bond acceptors (Lipinski definition) is 5. The molecule has 33 heavy (non-hydrogen) atoms. The van der Waals surface area contributed by atoms with Gasteiger partial charge in [-0.15, -0.1) is 0 Å². The minimum Gasteiger partial charge on any atom is -0.497 e. The van der Waals surface area contributed by atoms with Crippen LogP contribution in [0.5, 0.6) is 5.75 Å². The van der Waals surface area contributed by atoms with Crippen LogP contribution in [0.3, 0.4) is 0 Å². The van der Waals surface area contributed by atoms with Crippen molar-refractivity contribution in [2.45, 2.75) is 32.4 Å². The highest BCUT2D eigenvalue weighted by Crippen LogP contribution is 2.24. The average molecular weight is 480 g/mol. The summed E-state index contributed by atoms with van der Waals surface area (Å²) < 4.78 is 45.2. The van der Waals surface area contributed by atoms with Crippen molar-refractivity contribution in [2.75, 3.05) is 31.3 Å². The summed E-state index contributed by atoms with van der Waals surface area (Å²) in [6.07, 6.45) is 1.27. The first-order valence-electron chi connectivity index (χ1n) is 10.4. The number of carbonyl (C=O) groups excluding carboxylic acids is 2. The Hall–Kier alpha value is -3.14. The van der Waals surface area contributed by atoms with E-state index in [1.165, 1.54) is 29.4 Å². The number of likely N-dealkylation sites (N-methyl/N-ethyl adjacent to an activating group) is 1. The predicted octanol–water partition coefficient (Wildman–Crippen LogP) is 2.54. The number of nitrogens with zero attached hydrogens (tertiary/aromatic N) is 2. The number of rotatable bonds is 11. The Kier molecular flexibility index (Phi) is 9.22. The lowest BCUT2D eigenvalue weighted by atomic mass is 10.1. The maximum absolute atomic E-state index is 14.2. The van der Waals surface area contributed by atoms with Crippen molar-refractivity contribution in [3.05, 3.63) is 59.9 Å². The first-order valence-corrected chi connectivity index (χ1v) is 12.3. The summed E-state index contributed by atoms with van der Waals surface area (Å²) in [6.45, 7) is 1.54. The van der Waals surface area contributed by atoms with Crippen molar-refractivity contribution in [2.24, 2.45) is 0 Å². The molecule has 0 aliphatic heterocycles. The molecule has 1 N–H and O–H groups in total. The molecule has 1 atom stereocenters. The van der Waals surface area contributed by atoms with E-state index in [1.54, 1.807) is 49.4 Å². The minimum absolute atomic E-state index is 0.0220. The van der Waals surface area contributed by atoms with Crippen LogP contribution in [0, 0.1) is 5.82 Å². The predicted molar refractivity (Wildman–Crippen MR) is 125 cm³/mol. The van der Waals surface area contributed by atoms with E-state index in [4.69, 9.17) is 4.74 Å². The van der Waals surface area contributed by atoms with Gasteiger partial charge in [-0.2, -0.15) is 0 Å². The number of anilines is 1. The van der Waals surface area contributed by atoms with Gasteiger partial charge in [0.05, 0.1) is 19.1 Å². The zero-order valence-corrected chi connectivity index (χ0v) is 20.1. The highest BCUT2D eigenvalue weighted by atomic mass is 32.2. The highest BCUT2D eigenvalue weighted by Gasteiger charge is 2.26. The van der Waals surface area contributed by atoms with E-state index >= 15 is 0 Å². The number of hydrogen-bond donors (Lipinski definition) is 1. The van der Waals surface area contributed by atoms with Gasteiger partial charge in [-0.1, -0.05) is 24.3 Å². The van der Waals surface area contributed by atoms with Gasteiger partial charge in [-0.3, -0.25) is 13.9 Å². The van der Waals surface area contributed by atoms with Gasteiger partial charge in [0.1, 0.15) is 17.6 Å². The fourth-order valence-electron chi connectivity index (χ4n) is 3.37. The molecule has 8 nitrogen and oxygen atoms in total. The monoisotopic (exact) mass is 479 g/mol. The van der Waals surface area contributed by atoms with Crippen molar-refractivity contribution in [1.82, 2.24) is 10.2 Å². The molecule has 0 saturated carbocycles. The van der Waals surface area contributed by atoms with E-state index in [0.29, 0.717) is 11.4 Å². The van der Waals surface area contributed by atoms with Gasteiger partial charge in [0.15, 0.2) is 0 Å². The SMILES string of the molecule is CNC(=O)[C@H](C)N(Cc1ccccc1F)C(=O)CCCN(c1cccc(OC)c1)S(C)(=O)=O. The van der Waals surface area contributed by atoms with Crippen LogP contribution in [-0.2, 0) is 26.2 Å². The summed E-state index contributed by atoms with van der Waals surface area (Å²) in [5, 5.41) is 2.50. The van der Waals surface area contributed by atoms with Gasteiger partial charge < -0.3 is 15.0 Å². The fourth-order valence-corrected chi connectivity index (χ4v) is 4.33. The van der Waals surface area contributed by atoms with E-state index in [1.807, 2.05) is 0 Å².